The smallest absolute Gasteiger partial charge is 0.191 e. The molecule has 132 valence electrons. The van der Waals surface area contributed by atoms with Crippen molar-refractivity contribution in [3.63, 3.8) is 0 Å². The quantitative estimate of drug-likeness (QED) is 0.310. The zero-order valence-electron chi connectivity index (χ0n) is 14.7. The molecule has 1 aliphatic rings. The Bertz CT molecular complexity index is 459. The highest BCUT2D eigenvalue weighted by atomic mass is 127. The van der Waals surface area contributed by atoms with Crippen LogP contribution in [0.15, 0.2) is 23.7 Å². The molecule has 2 rings (SSSR count). The lowest BCUT2D eigenvalue weighted by Crippen LogP contribution is -2.47. The van der Waals surface area contributed by atoms with Crippen LogP contribution in [-0.2, 0) is 6.54 Å². The summed E-state index contributed by atoms with van der Waals surface area (Å²) in [6.45, 7) is 11.0. The average molecular weight is 434 g/mol. The van der Waals surface area contributed by atoms with Gasteiger partial charge < -0.3 is 15.2 Å². The fraction of sp³-hybridized carbons (Fsp3) is 0.750. The van der Waals surface area contributed by atoms with Gasteiger partial charge in [0.05, 0.1) is 6.33 Å². The van der Waals surface area contributed by atoms with Crippen molar-refractivity contribution in [2.24, 2.45) is 10.9 Å². The number of nitrogens with zero attached hydrogens (tertiary/aromatic N) is 4. The zero-order valence-corrected chi connectivity index (χ0v) is 17.0. The summed E-state index contributed by atoms with van der Waals surface area (Å²) in [5.41, 5.74) is 0. The number of likely N-dealkylation sites (tertiary alicyclic amines) is 1. The fourth-order valence-electron chi connectivity index (χ4n) is 2.87. The second-order valence-corrected chi connectivity index (χ2v) is 6.43. The van der Waals surface area contributed by atoms with Gasteiger partial charge in [-0.05, 0) is 26.2 Å². The highest BCUT2D eigenvalue weighted by molar-refractivity contribution is 14.0. The third kappa shape index (κ3) is 6.29. The van der Waals surface area contributed by atoms with Crippen LogP contribution < -0.4 is 10.6 Å². The summed E-state index contributed by atoms with van der Waals surface area (Å²) in [7, 11) is 1.84. The van der Waals surface area contributed by atoms with E-state index in [1.54, 1.807) is 0 Å². The lowest BCUT2D eigenvalue weighted by atomic mass is 10.1. The number of rotatable bonds is 6. The number of guanidine groups is 1. The molecule has 1 fully saturated rings. The Morgan fingerprint density at radius 2 is 2.17 bits per heavy atom. The second kappa shape index (κ2) is 10.1. The summed E-state index contributed by atoms with van der Waals surface area (Å²) in [6.07, 6.45) is 6.72. The average Bonchev–Trinajstić information content (AvgIpc) is 3.12. The van der Waals surface area contributed by atoms with Crippen molar-refractivity contribution in [1.82, 2.24) is 25.1 Å². The molecule has 1 aliphatic heterocycles. The van der Waals surface area contributed by atoms with E-state index in [-0.39, 0.29) is 24.0 Å². The van der Waals surface area contributed by atoms with Crippen molar-refractivity contribution in [2.75, 3.05) is 26.7 Å². The lowest BCUT2D eigenvalue weighted by molar-refractivity contribution is 0.265. The van der Waals surface area contributed by atoms with E-state index in [0.29, 0.717) is 18.0 Å². The lowest BCUT2D eigenvalue weighted by Gasteiger charge is -2.22. The minimum atomic E-state index is 0. The monoisotopic (exact) mass is 434 g/mol. The fourth-order valence-corrected chi connectivity index (χ4v) is 2.87. The Morgan fingerprint density at radius 1 is 1.39 bits per heavy atom. The molecule has 0 amide bonds. The molecule has 6 nitrogen and oxygen atoms in total. The van der Waals surface area contributed by atoms with Crippen molar-refractivity contribution in [2.45, 2.75) is 45.8 Å². The molecule has 1 saturated heterocycles. The molecule has 0 radical (unpaired) electrons. The second-order valence-electron chi connectivity index (χ2n) is 6.43. The normalized spacial score (nSPS) is 22.2. The molecule has 2 unspecified atom stereocenters. The summed E-state index contributed by atoms with van der Waals surface area (Å²) < 4.78 is 2.09. The predicted molar refractivity (Wildman–Crippen MR) is 106 cm³/mol. The van der Waals surface area contributed by atoms with Gasteiger partial charge in [-0.2, -0.15) is 0 Å². The highest BCUT2D eigenvalue weighted by Gasteiger charge is 2.31. The third-order valence-electron chi connectivity index (χ3n) is 4.36. The summed E-state index contributed by atoms with van der Waals surface area (Å²) >= 11 is 0. The van der Waals surface area contributed by atoms with Gasteiger partial charge in [0.1, 0.15) is 0 Å². The van der Waals surface area contributed by atoms with Crippen LogP contribution in [0.4, 0.5) is 0 Å². The maximum Gasteiger partial charge on any atom is 0.191 e. The van der Waals surface area contributed by atoms with Crippen molar-refractivity contribution in [1.29, 1.82) is 0 Å². The Labute approximate surface area is 157 Å². The van der Waals surface area contributed by atoms with Crippen LogP contribution in [0.1, 0.15) is 27.2 Å². The maximum atomic E-state index is 4.35. The molecule has 2 heterocycles. The largest absolute Gasteiger partial charge is 0.356 e. The molecule has 0 spiro atoms. The number of hydrogen-bond donors (Lipinski definition) is 2. The van der Waals surface area contributed by atoms with E-state index in [9.17, 15) is 0 Å². The molecule has 23 heavy (non-hydrogen) atoms. The van der Waals surface area contributed by atoms with Gasteiger partial charge in [0, 0.05) is 57.7 Å². The summed E-state index contributed by atoms with van der Waals surface area (Å²) in [5.74, 6) is 1.56. The molecular formula is C16H31IN6. The van der Waals surface area contributed by atoms with E-state index in [4.69, 9.17) is 0 Å². The standard InChI is InChI=1S/C16H30N6.HI/c1-13(2)22-10-14(3)15(11-22)20-16(17-4)19-6-5-8-21-9-7-18-12-21;/h7,9,12-15H,5-6,8,10-11H2,1-4H3,(H2,17,19,20);1H. The minimum absolute atomic E-state index is 0. The molecule has 0 saturated carbocycles. The van der Waals surface area contributed by atoms with Crippen LogP contribution in [0.3, 0.4) is 0 Å². The van der Waals surface area contributed by atoms with Crippen LogP contribution in [0.25, 0.3) is 0 Å². The number of hydrogen-bond acceptors (Lipinski definition) is 3. The van der Waals surface area contributed by atoms with E-state index in [0.717, 1.165) is 38.6 Å². The Hall–Kier alpha value is -0.830. The first-order chi connectivity index (χ1) is 10.6. The molecular weight excluding hydrogens is 403 g/mol. The van der Waals surface area contributed by atoms with Crippen molar-refractivity contribution >= 4 is 29.9 Å². The summed E-state index contributed by atoms with van der Waals surface area (Å²) in [6, 6.07) is 1.08. The van der Waals surface area contributed by atoms with E-state index >= 15 is 0 Å². The number of halogens is 1. The molecule has 0 bridgehead atoms. The minimum Gasteiger partial charge on any atom is -0.356 e. The van der Waals surface area contributed by atoms with Crippen molar-refractivity contribution in [3.05, 3.63) is 18.7 Å². The predicted octanol–water partition coefficient (Wildman–Crippen LogP) is 1.78. The van der Waals surface area contributed by atoms with Gasteiger partial charge >= 0.3 is 0 Å². The molecule has 0 aromatic carbocycles. The van der Waals surface area contributed by atoms with E-state index in [1.165, 1.54) is 0 Å². The maximum absolute atomic E-state index is 4.35. The van der Waals surface area contributed by atoms with Crippen LogP contribution in [0, 0.1) is 5.92 Å². The van der Waals surface area contributed by atoms with Gasteiger partial charge in [-0.25, -0.2) is 4.98 Å². The molecule has 2 N–H and O–H groups in total. The number of aliphatic imine (C=N–C) groups is 1. The van der Waals surface area contributed by atoms with Gasteiger partial charge in [-0.1, -0.05) is 6.92 Å². The highest BCUT2D eigenvalue weighted by Crippen LogP contribution is 2.18. The number of aryl methyl sites for hydroxylation is 1. The van der Waals surface area contributed by atoms with Gasteiger partial charge in [0.25, 0.3) is 0 Å². The molecule has 0 aliphatic carbocycles. The first-order valence-electron chi connectivity index (χ1n) is 8.27. The Kier molecular flexibility index (Phi) is 8.90. The number of nitrogens with one attached hydrogen (secondary N) is 2. The van der Waals surface area contributed by atoms with Gasteiger partial charge in [0.15, 0.2) is 5.96 Å². The van der Waals surface area contributed by atoms with E-state index in [1.807, 2.05) is 25.8 Å². The SMILES string of the molecule is CN=C(NCCCn1ccnc1)NC1CN(C(C)C)CC1C.I. The van der Waals surface area contributed by atoms with E-state index < -0.39 is 0 Å². The Morgan fingerprint density at radius 3 is 2.74 bits per heavy atom. The van der Waals surface area contributed by atoms with Crippen LogP contribution >= 0.6 is 24.0 Å². The van der Waals surface area contributed by atoms with Crippen LogP contribution in [0.5, 0.6) is 0 Å². The van der Waals surface area contributed by atoms with Gasteiger partial charge in [-0.3, -0.25) is 9.89 Å². The van der Waals surface area contributed by atoms with Crippen molar-refractivity contribution in [3.8, 4) is 0 Å². The van der Waals surface area contributed by atoms with Gasteiger partial charge in [-0.15, -0.1) is 24.0 Å². The van der Waals surface area contributed by atoms with Crippen molar-refractivity contribution < 1.29 is 0 Å². The zero-order chi connectivity index (χ0) is 15.9. The van der Waals surface area contributed by atoms with Crippen LogP contribution in [-0.4, -0.2) is 59.2 Å². The molecule has 1 aromatic heterocycles. The topological polar surface area (TPSA) is 57.5 Å². The molecule has 1 aromatic rings. The third-order valence-corrected chi connectivity index (χ3v) is 4.36. The van der Waals surface area contributed by atoms with E-state index in [2.05, 4.69) is 50.8 Å². The van der Waals surface area contributed by atoms with Crippen LogP contribution in [0.2, 0.25) is 0 Å². The Balaban J connectivity index is 0.00000264. The first-order valence-corrected chi connectivity index (χ1v) is 8.27. The summed E-state index contributed by atoms with van der Waals surface area (Å²) in [4.78, 5) is 10.9. The first kappa shape index (κ1) is 20.2. The number of aromatic nitrogens is 2. The molecule has 7 heteroatoms. The number of imidazole rings is 1. The van der Waals surface area contributed by atoms with Gasteiger partial charge in [0.2, 0.25) is 0 Å². The summed E-state index contributed by atoms with van der Waals surface area (Å²) in [5, 5.41) is 6.98. The molecule has 2 atom stereocenters.